The number of hydrogen-bond acceptors (Lipinski definition) is 3. The zero-order valence-electron chi connectivity index (χ0n) is 11.9. The van der Waals surface area contributed by atoms with Crippen LogP contribution in [0.3, 0.4) is 0 Å². The van der Waals surface area contributed by atoms with Crippen molar-refractivity contribution in [3.05, 3.63) is 70.1 Å². The van der Waals surface area contributed by atoms with Crippen molar-refractivity contribution in [1.82, 2.24) is 9.55 Å². The Morgan fingerprint density at radius 2 is 1.79 bits per heavy atom. The second kappa shape index (κ2) is 5.48. The summed E-state index contributed by atoms with van der Waals surface area (Å²) in [6.07, 6.45) is -4.59. The van der Waals surface area contributed by atoms with Crippen molar-refractivity contribution < 1.29 is 23.1 Å². The number of fused-ring (bicyclic) bond motifs is 1. The molecule has 0 radical (unpaired) electrons. The summed E-state index contributed by atoms with van der Waals surface area (Å²) < 4.78 is 39.7. The van der Waals surface area contributed by atoms with Gasteiger partial charge in [0.1, 0.15) is 0 Å². The first-order valence-electron chi connectivity index (χ1n) is 6.72. The van der Waals surface area contributed by atoms with E-state index in [9.17, 15) is 22.8 Å². The summed E-state index contributed by atoms with van der Waals surface area (Å²) in [7, 11) is 0. The molecule has 1 aromatic heterocycles. The van der Waals surface area contributed by atoms with Crippen LogP contribution < -0.4 is 5.56 Å². The molecule has 122 valence electrons. The van der Waals surface area contributed by atoms with Crippen LogP contribution in [0.1, 0.15) is 16.1 Å². The standard InChI is InChI=1S/C16H9F3N2O3/c17-16(18,19)9-4-3-5-10(8-9)21-12-7-2-1-6-11(12)20-13(14(21)22)15(23)24/h1-8H,(H,23,24). The number of benzene rings is 2. The Balaban J connectivity index is 2.40. The van der Waals surface area contributed by atoms with E-state index < -0.39 is 29.0 Å². The molecule has 0 aliphatic carbocycles. The SMILES string of the molecule is O=C(O)c1nc2ccccc2n(-c2cccc(C(F)(F)F)c2)c1=O. The van der Waals surface area contributed by atoms with Crippen LogP contribution in [-0.2, 0) is 6.18 Å². The molecule has 2 aromatic carbocycles. The molecule has 3 aromatic rings. The van der Waals surface area contributed by atoms with Crippen molar-refractivity contribution in [2.75, 3.05) is 0 Å². The molecule has 0 spiro atoms. The summed E-state index contributed by atoms with van der Waals surface area (Å²) in [5.41, 5.74) is -2.38. The lowest BCUT2D eigenvalue weighted by atomic mass is 10.1. The molecule has 0 saturated heterocycles. The zero-order chi connectivity index (χ0) is 17.5. The van der Waals surface area contributed by atoms with E-state index in [-0.39, 0.29) is 16.7 Å². The highest BCUT2D eigenvalue weighted by molar-refractivity contribution is 5.88. The first kappa shape index (κ1) is 15.7. The van der Waals surface area contributed by atoms with Gasteiger partial charge in [-0.3, -0.25) is 9.36 Å². The number of aromatic nitrogens is 2. The molecule has 3 rings (SSSR count). The van der Waals surface area contributed by atoms with Gasteiger partial charge in [0.25, 0.3) is 5.56 Å². The van der Waals surface area contributed by atoms with Crippen molar-refractivity contribution in [3.8, 4) is 5.69 Å². The number of halogens is 3. The Bertz CT molecular complexity index is 1010. The van der Waals surface area contributed by atoms with Crippen LogP contribution in [-0.4, -0.2) is 20.6 Å². The number of alkyl halides is 3. The third-order valence-electron chi connectivity index (χ3n) is 3.39. The number of hydrogen-bond donors (Lipinski definition) is 1. The molecule has 1 N–H and O–H groups in total. The lowest BCUT2D eigenvalue weighted by Crippen LogP contribution is -2.27. The summed E-state index contributed by atoms with van der Waals surface area (Å²) in [6, 6.07) is 10.2. The van der Waals surface area contributed by atoms with Gasteiger partial charge in [0, 0.05) is 5.69 Å². The molecule has 0 atom stereocenters. The van der Waals surface area contributed by atoms with E-state index in [2.05, 4.69) is 4.98 Å². The normalized spacial score (nSPS) is 11.6. The maximum Gasteiger partial charge on any atom is 0.416 e. The lowest BCUT2D eigenvalue weighted by molar-refractivity contribution is -0.137. The molecule has 0 amide bonds. The Morgan fingerprint density at radius 1 is 1.08 bits per heavy atom. The van der Waals surface area contributed by atoms with E-state index in [0.717, 1.165) is 22.8 Å². The Kier molecular flexibility index (Phi) is 3.59. The van der Waals surface area contributed by atoms with Crippen LogP contribution in [0.25, 0.3) is 16.7 Å². The van der Waals surface area contributed by atoms with Crippen molar-refractivity contribution in [1.29, 1.82) is 0 Å². The fourth-order valence-corrected chi connectivity index (χ4v) is 2.35. The average Bonchev–Trinajstić information content (AvgIpc) is 2.53. The monoisotopic (exact) mass is 334 g/mol. The van der Waals surface area contributed by atoms with E-state index >= 15 is 0 Å². The van der Waals surface area contributed by atoms with Gasteiger partial charge in [-0.1, -0.05) is 18.2 Å². The minimum atomic E-state index is -4.59. The maximum absolute atomic E-state index is 12.9. The van der Waals surface area contributed by atoms with E-state index in [0.29, 0.717) is 0 Å². The number of rotatable bonds is 2. The third-order valence-corrected chi connectivity index (χ3v) is 3.39. The second-order valence-corrected chi connectivity index (χ2v) is 4.94. The summed E-state index contributed by atoms with van der Waals surface area (Å²) in [6.45, 7) is 0. The first-order chi connectivity index (χ1) is 11.3. The minimum absolute atomic E-state index is 0.0871. The summed E-state index contributed by atoms with van der Waals surface area (Å²) in [5, 5.41) is 9.12. The highest BCUT2D eigenvalue weighted by Crippen LogP contribution is 2.30. The van der Waals surface area contributed by atoms with Crippen molar-refractivity contribution in [2.45, 2.75) is 6.18 Å². The number of nitrogens with zero attached hydrogens (tertiary/aromatic N) is 2. The number of para-hydroxylation sites is 2. The van der Waals surface area contributed by atoms with Gasteiger partial charge < -0.3 is 5.11 Å². The first-order valence-corrected chi connectivity index (χ1v) is 6.72. The van der Waals surface area contributed by atoms with Gasteiger partial charge in [0.2, 0.25) is 5.69 Å². The van der Waals surface area contributed by atoms with Crippen LogP contribution in [0.4, 0.5) is 13.2 Å². The molecule has 0 aliphatic heterocycles. The van der Waals surface area contributed by atoms with Gasteiger partial charge in [0.15, 0.2) is 0 Å². The Labute approximate surface area is 132 Å². The van der Waals surface area contributed by atoms with Crippen molar-refractivity contribution >= 4 is 17.0 Å². The molecule has 0 fully saturated rings. The molecule has 24 heavy (non-hydrogen) atoms. The minimum Gasteiger partial charge on any atom is -0.476 e. The van der Waals surface area contributed by atoms with Gasteiger partial charge >= 0.3 is 12.1 Å². The molecular weight excluding hydrogens is 325 g/mol. The van der Waals surface area contributed by atoms with Crippen molar-refractivity contribution in [2.24, 2.45) is 0 Å². The molecule has 1 heterocycles. The highest BCUT2D eigenvalue weighted by Gasteiger charge is 2.31. The zero-order valence-corrected chi connectivity index (χ0v) is 11.9. The van der Waals surface area contributed by atoms with Gasteiger partial charge in [-0.15, -0.1) is 0 Å². The fraction of sp³-hybridized carbons (Fsp3) is 0.0625. The predicted octanol–water partition coefficient (Wildman–Crippen LogP) is 3.10. The number of carbonyl (C=O) groups is 1. The Morgan fingerprint density at radius 3 is 2.46 bits per heavy atom. The van der Waals surface area contributed by atoms with Gasteiger partial charge in [-0.05, 0) is 30.3 Å². The smallest absolute Gasteiger partial charge is 0.416 e. The molecule has 0 saturated carbocycles. The van der Waals surface area contributed by atoms with E-state index in [1.54, 1.807) is 12.1 Å². The second-order valence-electron chi connectivity index (χ2n) is 4.94. The van der Waals surface area contributed by atoms with E-state index in [1.807, 2.05) is 0 Å². The summed E-state index contributed by atoms with van der Waals surface area (Å²) in [4.78, 5) is 27.4. The molecule has 0 bridgehead atoms. The Hall–Kier alpha value is -3.16. The van der Waals surface area contributed by atoms with Crippen LogP contribution in [0.2, 0.25) is 0 Å². The molecule has 5 nitrogen and oxygen atoms in total. The maximum atomic E-state index is 12.9. The topological polar surface area (TPSA) is 72.2 Å². The number of aromatic carboxylic acids is 1. The van der Waals surface area contributed by atoms with Crippen LogP contribution in [0.15, 0.2) is 53.3 Å². The predicted molar refractivity (Wildman–Crippen MR) is 79.3 cm³/mol. The molecule has 8 heteroatoms. The van der Waals surface area contributed by atoms with E-state index in [1.165, 1.54) is 18.2 Å². The van der Waals surface area contributed by atoms with E-state index in [4.69, 9.17) is 5.11 Å². The van der Waals surface area contributed by atoms with Gasteiger partial charge in [-0.25, -0.2) is 9.78 Å². The summed E-state index contributed by atoms with van der Waals surface area (Å²) in [5.74, 6) is -1.55. The highest BCUT2D eigenvalue weighted by atomic mass is 19.4. The van der Waals surface area contributed by atoms with Crippen LogP contribution in [0, 0.1) is 0 Å². The number of carboxylic acid groups (broad SMARTS) is 1. The molecule has 0 unspecified atom stereocenters. The van der Waals surface area contributed by atoms with Crippen molar-refractivity contribution in [3.63, 3.8) is 0 Å². The van der Waals surface area contributed by atoms with Gasteiger partial charge in [-0.2, -0.15) is 13.2 Å². The van der Waals surface area contributed by atoms with Gasteiger partial charge in [0.05, 0.1) is 16.6 Å². The molecule has 0 aliphatic rings. The van der Waals surface area contributed by atoms with Crippen LogP contribution >= 0.6 is 0 Å². The molecular formula is C16H9F3N2O3. The third kappa shape index (κ3) is 2.62. The lowest BCUT2D eigenvalue weighted by Gasteiger charge is -2.13. The largest absolute Gasteiger partial charge is 0.476 e. The quantitative estimate of drug-likeness (QED) is 0.782. The average molecular weight is 334 g/mol. The summed E-state index contributed by atoms with van der Waals surface area (Å²) >= 11 is 0. The van der Waals surface area contributed by atoms with Crippen LogP contribution in [0.5, 0.6) is 0 Å². The fourth-order valence-electron chi connectivity index (χ4n) is 2.35. The number of carboxylic acids is 1.